The summed E-state index contributed by atoms with van der Waals surface area (Å²) in [4.78, 5) is 26.2. The summed E-state index contributed by atoms with van der Waals surface area (Å²) >= 11 is 0. The lowest BCUT2D eigenvalue weighted by Crippen LogP contribution is -2.56. The summed E-state index contributed by atoms with van der Waals surface area (Å²) in [5, 5.41) is 12.0. The van der Waals surface area contributed by atoms with Crippen LogP contribution in [0.15, 0.2) is 0 Å². The van der Waals surface area contributed by atoms with Crippen LogP contribution in [-0.2, 0) is 9.59 Å². The average molecular weight is 271 g/mol. The van der Waals surface area contributed by atoms with Gasteiger partial charge in [0, 0.05) is 33.1 Å². The number of piperazine rings is 1. The van der Waals surface area contributed by atoms with E-state index in [-0.39, 0.29) is 5.91 Å². The summed E-state index contributed by atoms with van der Waals surface area (Å²) in [5.74, 6) is -0.750. The first-order valence-electron chi connectivity index (χ1n) is 6.98. The molecule has 0 aromatic rings. The van der Waals surface area contributed by atoms with Gasteiger partial charge in [-0.2, -0.15) is 0 Å². The molecule has 1 aliphatic rings. The van der Waals surface area contributed by atoms with E-state index >= 15 is 0 Å². The van der Waals surface area contributed by atoms with Crippen LogP contribution in [-0.4, -0.2) is 72.1 Å². The molecule has 1 fully saturated rings. The number of carboxylic acid groups (broad SMARTS) is 1. The van der Waals surface area contributed by atoms with Crippen molar-refractivity contribution in [2.45, 2.75) is 32.7 Å². The second-order valence-corrected chi connectivity index (χ2v) is 4.97. The van der Waals surface area contributed by atoms with Gasteiger partial charge in [0.05, 0.1) is 0 Å². The van der Waals surface area contributed by atoms with Crippen LogP contribution in [0.1, 0.15) is 26.7 Å². The number of carboxylic acids is 1. The highest BCUT2D eigenvalue weighted by molar-refractivity contribution is 5.74. The minimum absolute atomic E-state index is 0.0139. The van der Waals surface area contributed by atoms with E-state index in [1.165, 1.54) is 6.92 Å². The summed E-state index contributed by atoms with van der Waals surface area (Å²) in [7, 11) is 0. The normalized spacial score (nSPS) is 21.3. The minimum atomic E-state index is -0.736. The second-order valence-electron chi connectivity index (χ2n) is 4.97. The van der Waals surface area contributed by atoms with Gasteiger partial charge < -0.3 is 15.3 Å². The van der Waals surface area contributed by atoms with Gasteiger partial charge in [0.25, 0.3) is 0 Å². The lowest BCUT2D eigenvalue weighted by atomic mass is 10.1. The molecular formula is C13H25N3O3. The third-order valence-electron chi connectivity index (χ3n) is 3.55. The van der Waals surface area contributed by atoms with Crippen molar-refractivity contribution >= 4 is 11.9 Å². The third kappa shape index (κ3) is 5.57. The van der Waals surface area contributed by atoms with Gasteiger partial charge in [0.1, 0.15) is 6.04 Å². The highest BCUT2D eigenvalue weighted by Gasteiger charge is 2.30. The quantitative estimate of drug-likeness (QED) is 0.637. The van der Waals surface area contributed by atoms with Crippen molar-refractivity contribution in [3.05, 3.63) is 0 Å². The molecule has 19 heavy (non-hydrogen) atoms. The molecule has 6 heteroatoms. The molecule has 1 heterocycles. The Labute approximate surface area is 114 Å². The zero-order chi connectivity index (χ0) is 14.3. The van der Waals surface area contributed by atoms with Crippen molar-refractivity contribution < 1.29 is 14.7 Å². The maximum atomic E-state index is 11.3. The van der Waals surface area contributed by atoms with Gasteiger partial charge in [-0.1, -0.05) is 6.92 Å². The highest BCUT2D eigenvalue weighted by Crippen LogP contribution is 2.11. The lowest BCUT2D eigenvalue weighted by molar-refractivity contribution is -0.145. The highest BCUT2D eigenvalue weighted by atomic mass is 16.4. The molecule has 0 bridgehead atoms. The van der Waals surface area contributed by atoms with Crippen LogP contribution in [0.25, 0.3) is 0 Å². The van der Waals surface area contributed by atoms with E-state index in [2.05, 4.69) is 17.1 Å². The number of amides is 1. The van der Waals surface area contributed by atoms with E-state index < -0.39 is 12.0 Å². The first-order valence-corrected chi connectivity index (χ1v) is 6.98. The fraction of sp³-hybridized carbons (Fsp3) is 0.846. The van der Waals surface area contributed by atoms with Gasteiger partial charge in [-0.25, -0.2) is 0 Å². The Hall–Kier alpha value is -1.14. The number of likely N-dealkylation sites (N-methyl/N-ethyl adjacent to an activating group) is 1. The number of hydrogen-bond acceptors (Lipinski definition) is 4. The zero-order valence-electron chi connectivity index (χ0n) is 11.9. The summed E-state index contributed by atoms with van der Waals surface area (Å²) in [6.45, 7) is 8.27. The van der Waals surface area contributed by atoms with Gasteiger partial charge in [-0.05, 0) is 25.9 Å². The standard InChI is InChI=1S/C13H25N3O3/c1-3-15-8-9-16(12(10-15)13(18)19)7-5-4-6-14-11(2)17/h12H,3-10H2,1-2H3,(H,14,17)(H,18,19). The van der Waals surface area contributed by atoms with Gasteiger partial charge in [0.15, 0.2) is 0 Å². The first-order chi connectivity index (χ1) is 9.04. The molecule has 1 rings (SSSR count). The molecule has 2 N–H and O–H groups in total. The van der Waals surface area contributed by atoms with Gasteiger partial charge in [-0.3, -0.25) is 14.5 Å². The van der Waals surface area contributed by atoms with E-state index in [0.29, 0.717) is 13.1 Å². The third-order valence-corrected chi connectivity index (χ3v) is 3.55. The van der Waals surface area contributed by atoms with Crippen molar-refractivity contribution in [1.82, 2.24) is 15.1 Å². The van der Waals surface area contributed by atoms with Crippen LogP contribution >= 0.6 is 0 Å². The SMILES string of the molecule is CCN1CCN(CCCCNC(C)=O)C(C(=O)O)C1. The Balaban J connectivity index is 2.30. The van der Waals surface area contributed by atoms with Crippen LogP contribution in [0, 0.1) is 0 Å². The lowest BCUT2D eigenvalue weighted by Gasteiger charge is -2.38. The number of nitrogens with zero attached hydrogens (tertiary/aromatic N) is 2. The van der Waals surface area contributed by atoms with Crippen LogP contribution in [0.2, 0.25) is 0 Å². The van der Waals surface area contributed by atoms with Gasteiger partial charge in [0.2, 0.25) is 5.91 Å². The predicted octanol–water partition coefficient (Wildman–Crippen LogP) is -0.00660. The smallest absolute Gasteiger partial charge is 0.322 e. The van der Waals surface area contributed by atoms with Gasteiger partial charge >= 0.3 is 5.97 Å². The van der Waals surface area contributed by atoms with Crippen LogP contribution in [0.5, 0.6) is 0 Å². The second kappa shape index (κ2) is 8.12. The van der Waals surface area contributed by atoms with E-state index in [1.807, 2.05) is 4.90 Å². The predicted molar refractivity (Wildman–Crippen MR) is 73.0 cm³/mol. The summed E-state index contributed by atoms with van der Waals surface area (Å²) < 4.78 is 0. The number of carbonyl (C=O) groups excluding carboxylic acids is 1. The molecule has 1 unspecified atom stereocenters. The van der Waals surface area contributed by atoms with Crippen LogP contribution in [0.3, 0.4) is 0 Å². The Morgan fingerprint density at radius 1 is 1.32 bits per heavy atom. The molecule has 0 aromatic heterocycles. The number of carbonyl (C=O) groups is 2. The Kier molecular flexibility index (Phi) is 6.80. The number of nitrogens with one attached hydrogen (secondary N) is 1. The summed E-state index contributed by atoms with van der Waals surface area (Å²) in [6.07, 6.45) is 1.80. The molecule has 1 aliphatic heterocycles. The van der Waals surface area contributed by atoms with Crippen LogP contribution in [0.4, 0.5) is 0 Å². The Morgan fingerprint density at radius 3 is 2.63 bits per heavy atom. The molecule has 110 valence electrons. The number of unbranched alkanes of at least 4 members (excludes halogenated alkanes) is 1. The van der Waals surface area contributed by atoms with E-state index in [9.17, 15) is 14.7 Å². The fourth-order valence-electron chi connectivity index (χ4n) is 2.37. The molecular weight excluding hydrogens is 246 g/mol. The van der Waals surface area contributed by atoms with Crippen molar-refractivity contribution in [2.24, 2.45) is 0 Å². The van der Waals surface area contributed by atoms with Crippen molar-refractivity contribution in [3.63, 3.8) is 0 Å². The van der Waals surface area contributed by atoms with Crippen molar-refractivity contribution in [3.8, 4) is 0 Å². The topological polar surface area (TPSA) is 72.9 Å². The van der Waals surface area contributed by atoms with Crippen LogP contribution < -0.4 is 5.32 Å². The molecule has 0 radical (unpaired) electrons. The van der Waals surface area contributed by atoms with Gasteiger partial charge in [-0.15, -0.1) is 0 Å². The molecule has 0 saturated carbocycles. The molecule has 0 aliphatic carbocycles. The first kappa shape index (κ1) is 15.9. The molecule has 0 aromatic carbocycles. The Bertz CT molecular complexity index is 310. The molecule has 1 saturated heterocycles. The average Bonchev–Trinajstić information content (AvgIpc) is 2.38. The van der Waals surface area contributed by atoms with E-state index in [0.717, 1.165) is 39.0 Å². The molecule has 1 amide bonds. The number of rotatable bonds is 7. The largest absolute Gasteiger partial charge is 0.480 e. The number of aliphatic carboxylic acids is 1. The van der Waals surface area contributed by atoms with E-state index in [4.69, 9.17) is 0 Å². The summed E-state index contributed by atoms with van der Waals surface area (Å²) in [6, 6.07) is -0.394. The number of hydrogen-bond donors (Lipinski definition) is 2. The zero-order valence-corrected chi connectivity index (χ0v) is 11.9. The van der Waals surface area contributed by atoms with E-state index in [1.54, 1.807) is 0 Å². The fourth-order valence-corrected chi connectivity index (χ4v) is 2.37. The van der Waals surface area contributed by atoms with Crippen molar-refractivity contribution in [2.75, 3.05) is 39.3 Å². The van der Waals surface area contributed by atoms with Crippen molar-refractivity contribution in [1.29, 1.82) is 0 Å². The molecule has 0 spiro atoms. The molecule has 1 atom stereocenters. The Morgan fingerprint density at radius 2 is 2.05 bits per heavy atom. The minimum Gasteiger partial charge on any atom is -0.480 e. The maximum absolute atomic E-state index is 11.3. The maximum Gasteiger partial charge on any atom is 0.322 e. The monoisotopic (exact) mass is 271 g/mol. The summed E-state index contributed by atoms with van der Waals surface area (Å²) in [5.41, 5.74) is 0. The molecule has 6 nitrogen and oxygen atoms in total.